The molecular formula is C22H29N5O11. The highest BCUT2D eigenvalue weighted by molar-refractivity contribution is 5.95. The molecule has 16 nitrogen and oxygen atoms in total. The number of aliphatic carboxylic acids is 3. The summed E-state index contributed by atoms with van der Waals surface area (Å²) in [4.78, 5) is 82.7. The summed E-state index contributed by atoms with van der Waals surface area (Å²) in [5.41, 5.74) is 11.0. The van der Waals surface area contributed by atoms with Gasteiger partial charge in [0.05, 0.1) is 18.9 Å². The molecule has 16 heteroatoms. The van der Waals surface area contributed by atoms with Gasteiger partial charge in [0.25, 0.3) is 0 Å². The lowest BCUT2D eigenvalue weighted by atomic mass is 10.0. The van der Waals surface area contributed by atoms with Gasteiger partial charge >= 0.3 is 17.9 Å². The number of hydrogen-bond donors (Lipinski definition) is 9. The van der Waals surface area contributed by atoms with Gasteiger partial charge in [-0.25, -0.2) is 4.79 Å². The van der Waals surface area contributed by atoms with Crippen molar-refractivity contribution in [2.75, 3.05) is 0 Å². The number of primary amides is 1. The van der Waals surface area contributed by atoms with Crippen LogP contribution in [-0.2, 0) is 40.0 Å². The van der Waals surface area contributed by atoms with E-state index in [1.54, 1.807) is 0 Å². The molecule has 4 atom stereocenters. The third-order valence-electron chi connectivity index (χ3n) is 5.05. The Hall–Kier alpha value is -4.73. The van der Waals surface area contributed by atoms with E-state index in [0.29, 0.717) is 5.56 Å². The minimum Gasteiger partial charge on any atom is -0.508 e. The van der Waals surface area contributed by atoms with Gasteiger partial charge in [0.1, 0.15) is 23.9 Å². The first-order chi connectivity index (χ1) is 17.7. The number of rotatable bonds is 16. The van der Waals surface area contributed by atoms with E-state index in [1.807, 2.05) is 5.32 Å². The van der Waals surface area contributed by atoms with Gasteiger partial charge in [0, 0.05) is 12.8 Å². The first-order valence-electron chi connectivity index (χ1n) is 11.1. The lowest BCUT2D eigenvalue weighted by Crippen LogP contribution is -2.58. The second-order valence-corrected chi connectivity index (χ2v) is 8.20. The average Bonchev–Trinajstić information content (AvgIpc) is 2.80. The second kappa shape index (κ2) is 14.7. The van der Waals surface area contributed by atoms with Crippen molar-refractivity contribution >= 4 is 41.5 Å². The predicted molar refractivity (Wildman–Crippen MR) is 126 cm³/mol. The Labute approximate surface area is 215 Å². The molecule has 0 saturated carbocycles. The molecule has 0 radical (unpaired) electrons. The first kappa shape index (κ1) is 31.3. The lowest BCUT2D eigenvalue weighted by Gasteiger charge is -2.25. The van der Waals surface area contributed by atoms with Gasteiger partial charge < -0.3 is 47.8 Å². The molecule has 0 aromatic heterocycles. The highest BCUT2D eigenvalue weighted by Crippen LogP contribution is 2.12. The van der Waals surface area contributed by atoms with Crippen LogP contribution in [0.5, 0.6) is 5.75 Å². The van der Waals surface area contributed by atoms with Gasteiger partial charge in [-0.1, -0.05) is 12.1 Å². The van der Waals surface area contributed by atoms with Crippen LogP contribution in [0.2, 0.25) is 0 Å². The summed E-state index contributed by atoms with van der Waals surface area (Å²) < 4.78 is 0. The van der Waals surface area contributed by atoms with Crippen LogP contribution in [0.25, 0.3) is 0 Å². The van der Waals surface area contributed by atoms with Gasteiger partial charge in [0.2, 0.25) is 23.6 Å². The molecule has 4 amide bonds. The minimum absolute atomic E-state index is 0.0990. The number of carbonyl (C=O) groups is 7. The zero-order valence-corrected chi connectivity index (χ0v) is 20.0. The Morgan fingerprint density at radius 2 is 1.24 bits per heavy atom. The van der Waals surface area contributed by atoms with Crippen molar-refractivity contribution in [3.05, 3.63) is 29.8 Å². The normalized spacial score (nSPS) is 13.7. The number of aromatic hydroxyl groups is 1. The maximum Gasteiger partial charge on any atom is 0.326 e. The largest absolute Gasteiger partial charge is 0.508 e. The summed E-state index contributed by atoms with van der Waals surface area (Å²) in [6, 6.07) is -0.996. The molecule has 4 unspecified atom stereocenters. The molecule has 0 saturated heterocycles. The van der Waals surface area contributed by atoms with Crippen LogP contribution in [0, 0.1) is 0 Å². The van der Waals surface area contributed by atoms with Crippen molar-refractivity contribution < 1.29 is 54.0 Å². The molecule has 11 N–H and O–H groups in total. The topological polar surface area (TPSA) is 289 Å². The monoisotopic (exact) mass is 539 g/mol. The van der Waals surface area contributed by atoms with E-state index in [1.165, 1.54) is 24.3 Å². The lowest BCUT2D eigenvalue weighted by molar-refractivity contribution is -0.147. The molecule has 208 valence electrons. The van der Waals surface area contributed by atoms with Crippen LogP contribution in [0.3, 0.4) is 0 Å². The molecule has 38 heavy (non-hydrogen) atoms. The molecule has 0 spiro atoms. The summed E-state index contributed by atoms with van der Waals surface area (Å²) in [5.74, 6) is -8.61. The number of carboxylic acids is 3. The number of carboxylic acid groups (broad SMARTS) is 3. The van der Waals surface area contributed by atoms with Gasteiger partial charge in [0.15, 0.2) is 0 Å². The Balaban J connectivity index is 3.20. The third-order valence-corrected chi connectivity index (χ3v) is 5.05. The smallest absolute Gasteiger partial charge is 0.326 e. The first-order valence-corrected chi connectivity index (χ1v) is 11.1. The summed E-state index contributed by atoms with van der Waals surface area (Å²) in [7, 11) is 0. The maximum atomic E-state index is 13.0. The number of amides is 4. The number of carbonyl (C=O) groups excluding carboxylic acids is 4. The Bertz CT molecular complexity index is 1060. The SMILES string of the molecule is NC(=O)CCC(NC(=O)C(N)CC(=O)O)C(=O)NC(Cc1ccc(O)cc1)C(=O)NC(CC(=O)O)C(=O)O. The molecule has 0 aliphatic heterocycles. The standard InChI is InChI=1S/C22H29N5O11/c23-12(8-17(30)31)19(34)25-13(5-6-16(24)29)20(35)26-14(7-10-1-3-11(28)4-2-10)21(36)27-15(22(37)38)9-18(32)33/h1-4,12-15,28H,5-9,23H2,(H2,24,29)(H,25,34)(H,26,35)(H,27,36)(H,30,31)(H,32,33)(H,37,38). The van der Waals surface area contributed by atoms with Gasteiger partial charge in [-0.15, -0.1) is 0 Å². The summed E-state index contributed by atoms with van der Waals surface area (Å²) >= 11 is 0. The molecule has 1 aromatic carbocycles. The molecule has 0 aliphatic carbocycles. The van der Waals surface area contributed by atoms with Crippen LogP contribution in [0.1, 0.15) is 31.2 Å². The van der Waals surface area contributed by atoms with E-state index in [0.717, 1.165) is 0 Å². The van der Waals surface area contributed by atoms with Crippen molar-refractivity contribution in [2.45, 2.75) is 56.3 Å². The van der Waals surface area contributed by atoms with Crippen molar-refractivity contribution in [1.29, 1.82) is 0 Å². The number of phenols is 1. The van der Waals surface area contributed by atoms with E-state index in [4.69, 9.17) is 21.7 Å². The highest BCUT2D eigenvalue weighted by Gasteiger charge is 2.31. The molecule has 0 bridgehead atoms. The van der Waals surface area contributed by atoms with E-state index in [2.05, 4.69) is 10.6 Å². The molecule has 1 aromatic rings. The Morgan fingerprint density at radius 3 is 1.74 bits per heavy atom. The fraction of sp³-hybridized carbons (Fsp3) is 0.409. The Morgan fingerprint density at radius 1 is 0.737 bits per heavy atom. The fourth-order valence-corrected chi connectivity index (χ4v) is 3.11. The number of nitrogens with one attached hydrogen (secondary N) is 3. The summed E-state index contributed by atoms with van der Waals surface area (Å²) in [6.45, 7) is 0. The molecule has 0 heterocycles. The number of nitrogens with two attached hydrogens (primary N) is 2. The number of hydrogen-bond acceptors (Lipinski definition) is 9. The van der Waals surface area contributed by atoms with E-state index < -0.39 is 78.5 Å². The van der Waals surface area contributed by atoms with Crippen molar-refractivity contribution in [3.8, 4) is 5.75 Å². The van der Waals surface area contributed by atoms with E-state index in [-0.39, 0.29) is 25.0 Å². The zero-order valence-electron chi connectivity index (χ0n) is 20.0. The average molecular weight is 539 g/mol. The van der Waals surface area contributed by atoms with E-state index in [9.17, 15) is 43.8 Å². The fourth-order valence-electron chi connectivity index (χ4n) is 3.11. The number of benzene rings is 1. The van der Waals surface area contributed by atoms with Crippen LogP contribution in [0.15, 0.2) is 24.3 Å². The molecule has 0 aliphatic rings. The minimum atomic E-state index is -1.83. The van der Waals surface area contributed by atoms with Crippen LogP contribution >= 0.6 is 0 Å². The van der Waals surface area contributed by atoms with Crippen LogP contribution in [-0.4, -0.2) is 86.1 Å². The quantitative estimate of drug-likeness (QED) is 0.102. The van der Waals surface area contributed by atoms with Crippen molar-refractivity contribution in [1.82, 2.24) is 16.0 Å². The van der Waals surface area contributed by atoms with E-state index >= 15 is 0 Å². The Kier molecular flexibility index (Phi) is 12.1. The van der Waals surface area contributed by atoms with Gasteiger partial charge in [-0.05, 0) is 24.1 Å². The van der Waals surface area contributed by atoms with Gasteiger partial charge in [-0.3, -0.25) is 28.8 Å². The number of phenolic OH excluding ortho intramolecular Hbond substituents is 1. The second-order valence-electron chi connectivity index (χ2n) is 8.20. The van der Waals surface area contributed by atoms with Gasteiger partial charge in [-0.2, -0.15) is 0 Å². The van der Waals surface area contributed by atoms with Crippen molar-refractivity contribution in [2.24, 2.45) is 11.5 Å². The molecule has 0 fully saturated rings. The summed E-state index contributed by atoms with van der Waals surface area (Å²) in [5, 5.41) is 43.0. The predicted octanol–water partition coefficient (Wildman–Crippen LogP) is -2.98. The molecular weight excluding hydrogens is 510 g/mol. The summed E-state index contributed by atoms with van der Waals surface area (Å²) in [6.07, 6.45) is -2.72. The van der Waals surface area contributed by atoms with Crippen LogP contribution < -0.4 is 27.4 Å². The maximum absolute atomic E-state index is 13.0. The van der Waals surface area contributed by atoms with Crippen LogP contribution in [0.4, 0.5) is 0 Å². The zero-order chi connectivity index (χ0) is 29.0. The highest BCUT2D eigenvalue weighted by atomic mass is 16.4. The molecule has 1 rings (SSSR count). The third kappa shape index (κ3) is 11.3. The van der Waals surface area contributed by atoms with Crippen molar-refractivity contribution in [3.63, 3.8) is 0 Å².